The number of nitro benzene ring substituents is 1. The Balaban J connectivity index is 3.09. The minimum Gasteiger partial charge on any atom is -0.497 e. The maximum absolute atomic E-state index is 10.8. The maximum Gasteiger partial charge on any atom is 0.306 e. The number of nitro groups is 1. The van der Waals surface area contributed by atoms with Gasteiger partial charge >= 0.3 is 5.97 Å². The van der Waals surface area contributed by atoms with E-state index in [4.69, 9.17) is 9.84 Å². The molecule has 6 nitrogen and oxygen atoms in total. The third-order valence-corrected chi connectivity index (χ3v) is 2.43. The molecule has 1 aromatic rings. The van der Waals surface area contributed by atoms with E-state index in [1.54, 1.807) is 0 Å². The summed E-state index contributed by atoms with van der Waals surface area (Å²) in [4.78, 5) is 21.0. The number of hydrogen-bond acceptors (Lipinski definition) is 4. The molecule has 0 radical (unpaired) electrons. The molecule has 0 saturated carbocycles. The fourth-order valence-corrected chi connectivity index (χ4v) is 1.45. The average Bonchev–Trinajstić information content (AvgIpc) is 2.28. The van der Waals surface area contributed by atoms with Crippen LogP contribution in [0.2, 0.25) is 0 Å². The molecule has 1 unspecified atom stereocenters. The summed E-state index contributed by atoms with van der Waals surface area (Å²) in [7, 11) is 1.45. The first kappa shape index (κ1) is 13.0. The lowest BCUT2D eigenvalue weighted by Crippen LogP contribution is -2.13. The van der Waals surface area contributed by atoms with Crippen LogP contribution in [0.15, 0.2) is 18.2 Å². The van der Waals surface area contributed by atoms with E-state index in [0.29, 0.717) is 11.3 Å². The van der Waals surface area contributed by atoms with Crippen LogP contribution >= 0.6 is 0 Å². The van der Waals surface area contributed by atoms with Crippen molar-refractivity contribution in [2.45, 2.75) is 13.3 Å². The smallest absolute Gasteiger partial charge is 0.306 e. The topological polar surface area (TPSA) is 89.7 Å². The van der Waals surface area contributed by atoms with Crippen molar-refractivity contribution >= 4 is 11.7 Å². The number of ether oxygens (including phenoxy) is 1. The molecule has 0 bridgehead atoms. The second-order valence-corrected chi connectivity index (χ2v) is 3.70. The van der Waals surface area contributed by atoms with Gasteiger partial charge in [0.05, 0.1) is 18.0 Å². The number of carboxylic acid groups (broad SMARTS) is 1. The molecule has 0 aromatic heterocycles. The summed E-state index contributed by atoms with van der Waals surface area (Å²) in [5.74, 6) is -1.19. The molecular weight excluding hydrogens is 226 g/mol. The molecule has 0 fully saturated rings. The van der Waals surface area contributed by atoms with E-state index < -0.39 is 16.8 Å². The van der Waals surface area contributed by atoms with Crippen LogP contribution in [0.25, 0.3) is 0 Å². The Hall–Kier alpha value is -2.11. The minimum atomic E-state index is -0.984. The molecule has 1 N–H and O–H groups in total. The van der Waals surface area contributed by atoms with E-state index in [2.05, 4.69) is 0 Å². The van der Waals surface area contributed by atoms with Crippen molar-refractivity contribution in [1.82, 2.24) is 0 Å². The second kappa shape index (κ2) is 5.29. The van der Waals surface area contributed by atoms with Crippen LogP contribution in [0.3, 0.4) is 0 Å². The molecule has 0 saturated heterocycles. The van der Waals surface area contributed by atoms with Gasteiger partial charge in [-0.3, -0.25) is 14.9 Å². The normalized spacial score (nSPS) is 11.9. The van der Waals surface area contributed by atoms with Gasteiger partial charge in [-0.25, -0.2) is 0 Å². The van der Waals surface area contributed by atoms with E-state index >= 15 is 0 Å². The van der Waals surface area contributed by atoms with Gasteiger partial charge < -0.3 is 9.84 Å². The Morgan fingerprint density at radius 1 is 1.59 bits per heavy atom. The van der Waals surface area contributed by atoms with Gasteiger partial charge in [0, 0.05) is 11.6 Å². The van der Waals surface area contributed by atoms with Crippen LogP contribution in [0, 0.1) is 16.0 Å². The quantitative estimate of drug-likeness (QED) is 0.625. The Morgan fingerprint density at radius 3 is 2.71 bits per heavy atom. The van der Waals surface area contributed by atoms with Gasteiger partial charge in [-0.2, -0.15) is 0 Å². The van der Waals surface area contributed by atoms with E-state index in [-0.39, 0.29) is 12.1 Å². The summed E-state index contributed by atoms with van der Waals surface area (Å²) in [6, 6.07) is 4.30. The van der Waals surface area contributed by atoms with Crippen LogP contribution in [-0.4, -0.2) is 23.1 Å². The maximum atomic E-state index is 10.8. The first-order valence-electron chi connectivity index (χ1n) is 4.99. The van der Waals surface area contributed by atoms with Gasteiger partial charge in [-0.1, -0.05) is 6.92 Å². The minimum absolute atomic E-state index is 0.0844. The molecule has 17 heavy (non-hydrogen) atoms. The van der Waals surface area contributed by atoms with Gasteiger partial charge in [0.2, 0.25) is 0 Å². The van der Waals surface area contributed by atoms with Crippen LogP contribution in [0.4, 0.5) is 5.69 Å². The molecule has 1 rings (SSSR count). The Morgan fingerprint density at radius 2 is 2.24 bits per heavy atom. The Labute approximate surface area is 98.0 Å². The number of methoxy groups -OCH3 is 1. The van der Waals surface area contributed by atoms with Crippen LogP contribution in [-0.2, 0) is 11.2 Å². The van der Waals surface area contributed by atoms with Crippen molar-refractivity contribution in [3.8, 4) is 5.75 Å². The van der Waals surface area contributed by atoms with Crippen LogP contribution in [0.1, 0.15) is 12.5 Å². The van der Waals surface area contributed by atoms with E-state index in [1.807, 2.05) is 0 Å². The summed E-state index contributed by atoms with van der Waals surface area (Å²) in [5, 5.41) is 19.6. The van der Waals surface area contributed by atoms with Crippen molar-refractivity contribution in [1.29, 1.82) is 0 Å². The van der Waals surface area contributed by atoms with Crippen molar-refractivity contribution in [3.05, 3.63) is 33.9 Å². The highest BCUT2D eigenvalue weighted by atomic mass is 16.6. The molecular formula is C11H13NO5. The molecule has 0 aliphatic heterocycles. The third-order valence-electron chi connectivity index (χ3n) is 2.43. The summed E-state index contributed by atoms with van der Waals surface area (Å²) < 4.78 is 4.96. The number of benzene rings is 1. The van der Waals surface area contributed by atoms with Crippen LogP contribution in [0.5, 0.6) is 5.75 Å². The molecule has 0 aliphatic rings. The van der Waals surface area contributed by atoms with E-state index in [9.17, 15) is 14.9 Å². The Bertz CT molecular complexity index is 443. The number of aliphatic carboxylic acids is 1. The van der Waals surface area contributed by atoms with Crippen molar-refractivity contribution < 1.29 is 19.6 Å². The zero-order valence-corrected chi connectivity index (χ0v) is 9.54. The van der Waals surface area contributed by atoms with Crippen molar-refractivity contribution in [3.63, 3.8) is 0 Å². The summed E-state index contributed by atoms with van der Waals surface area (Å²) in [6.07, 6.45) is 0.100. The van der Waals surface area contributed by atoms with Crippen LogP contribution < -0.4 is 4.74 Å². The molecule has 92 valence electrons. The van der Waals surface area contributed by atoms with Gasteiger partial charge in [0.15, 0.2) is 0 Å². The zero-order valence-electron chi connectivity index (χ0n) is 9.54. The van der Waals surface area contributed by atoms with Crippen molar-refractivity contribution in [2.24, 2.45) is 5.92 Å². The first-order valence-corrected chi connectivity index (χ1v) is 4.99. The number of rotatable bonds is 5. The number of carbonyl (C=O) groups is 1. The summed E-state index contributed by atoms with van der Waals surface area (Å²) >= 11 is 0. The highest BCUT2D eigenvalue weighted by Crippen LogP contribution is 2.26. The van der Waals surface area contributed by atoms with E-state index in [1.165, 1.54) is 32.2 Å². The lowest BCUT2D eigenvalue weighted by molar-refractivity contribution is -0.385. The summed E-state index contributed by atoms with van der Waals surface area (Å²) in [6.45, 7) is 1.51. The highest BCUT2D eigenvalue weighted by molar-refractivity contribution is 5.70. The second-order valence-electron chi connectivity index (χ2n) is 3.70. The number of nitrogens with zero attached hydrogens (tertiary/aromatic N) is 1. The standard InChI is InChI=1S/C11H13NO5/c1-7(11(13)14)5-8-6-9(17-2)3-4-10(8)12(15)16/h3-4,6-7H,5H2,1-2H3,(H,13,14). The van der Waals surface area contributed by atoms with E-state index in [0.717, 1.165) is 0 Å². The lowest BCUT2D eigenvalue weighted by atomic mass is 9.99. The predicted octanol–water partition coefficient (Wildman–Crippen LogP) is 1.87. The highest BCUT2D eigenvalue weighted by Gasteiger charge is 2.20. The van der Waals surface area contributed by atoms with Gasteiger partial charge in [-0.15, -0.1) is 0 Å². The van der Waals surface area contributed by atoms with Gasteiger partial charge in [0.1, 0.15) is 5.75 Å². The average molecular weight is 239 g/mol. The third kappa shape index (κ3) is 3.17. The SMILES string of the molecule is COc1ccc([N+](=O)[O-])c(CC(C)C(=O)O)c1. The molecule has 1 atom stereocenters. The molecule has 0 aliphatic carbocycles. The fraction of sp³-hybridized carbons (Fsp3) is 0.364. The zero-order chi connectivity index (χ0) is 13.0. The van der Waals surface area contributed by atoms with Gasteiger partial charge in [-0.05, 0) is 18.6 Å². The molecule has 6 heteroatoms. The Kier molecular flexibility index (Phi) is 4.03. The predicted molar refractivity (Wildman–Crippen MR) is 60.2 cm³/mol. The number of carboxylic acids is 1. The van der Waals surface area contributed by atoms with Gasteiger partial charge in [0.25, 0.3) is 5.69 Å². The van der Waals surface area contributed by atoms with Crippen molar-refractivity contribution in [2.75, 3.05) is 7.11 Å². The number of hydrogen-bond donors (Lipinski definition) is 1. The molecule has 0 spiro atoms. The fourth-order valence-electron chi connectivity index (χ4n) is 1.45. The largest absolute Gasteiger partial charge is 0.497 e. The summed E-state index contributed by atoms with van der Waals surface area (Å²) in [5.41, 5.74) is 0.281. The first-order chi connectivity index (χ1) is 7.95. The lowest BCUT2D eigenvalue weighted by Gasteiger charge is -2.08. The molecule has 1 aromatic carbocycles. The monoisotopic (exact) mass is 239 g/mol. The molecule has 0 amide bonds. The molecule has 0 heterocycles.